The molecule has 1 amide bonds. The molecule has 6 nitrogen and oxygen atoms in total. The Hall–Kier alpha value is -2.11. The van der Waals surface area contributed by atoms with Crippen molar-refractivity contribution in [3.05, 3.63) is 23.9 Å². The number of nitrogens with two attached hydrogens (primary N) is 1. The molecule has 0 radical (unpaired) electrons. The van der Waals surface area contributed by atoms with Gasteiger partial charge in [-0.3, -0.25) is 9.79 Å². The van der Waals surface area contributed by atoms with Gasteiger partial charge in [-0.1, -0.05) is 32.3 Å². The highest BCUT2D eigenvalue weighted by atomic mass is 16.1. The maximum atomic E-state index is 11.8. The number of hydrogen-bond acceptors (Lipinski definition) is 3. The van der Waals surface area contributed by atoms with Gasteiger partial charge in [0.1, 0.15) is 5.82 Å². The third-order valence-electron chi connectivity index (χ3n) is 3.11. The summed E-state index contributed by atoms with van der Waals surface area (Å²) in [6.07, 6.45) is 5.00. The molecule has 0 atom stereocenters. The second-order valence-electron chi connectivity index (χ2n) is 5.22. The van der Waals surface area contributed by atoms with Crippen LogP contribution in [0, 0.1) is 6.92 Å². The Balaban J connectivity index is 2.17. The molecule has 0 spiro atoms. The van der Waals surface area contributed by atoms with Crippen molar-refractivity contribution in [2.24, 2.45) is 10.7 Å². The number of unbranched alkanes of at least 4 members (excludes halogenated alkanes) is 3. The predicted molar refractivity (Wildman–Crippen MR) is 90.9 cm³/mol. The van der Waals surface area contributed by atoms with Gasteiger partial charge in [0.2, 0.25) is 5.91 Å². The molecular formula is C16H27N5O. The molecule has 0 bridgehead atoms. The molecule has 4 N–H and O–H groups in total. The van der Waals surface area contributed by atoms with Gasteiger partial charge in [-0.25, -0.2) is 4.98 Å². The number of carbonyl (C=O) groups is 1. The van der Waals surface area contributed by atoms with E-state index in [1.54, 1.807) is 6.07 Å². The Morgan fingerprint density at radius 3 is 2.86 bits per heavy atom. The first kappa shape index (κ1) is 17.9. The number of carbonyl (C=O) groups excluding carboxylic acids is 1. The van der Waals surface area contributed by atoms with Crippen molar-refractivity contribution in [3.63, 3.8) is 0 Å². The zero-order valence-corrected chi connectivity index (χ0v) is 13.6. The number of aliphatic imine (C=N–C) groups is 1. The van der Waals surface area contributed by atoms with Gasteiger partial charge in [0.05, 0.1) is 0 Å². The molecule has 0 aliphatic heterocycles. The van der Waals surface area contributed by atoms with Gasteiger partial charge in [-0.05, 0) is 25.5 Å². The van der Waals surface area contributed by atoms with Crippen LogP contribution in [0.15, 0.2) is 23.2 Å². The van der Waals surface area contributed by atoms with Crippen molar-refractivity contribution >= 4 is 17.7 Å². The number of amides is 1. The molecule has 0 fully saturated rings. The summed E-state index contributed by atoms with van der Waals surface area (Å²) in [5.41, 5.74) is 6.61. The van der Waals surface area contributed by atoms with Gasteiger partial charge < -0.3 is 16.4 Å². The lowest BCUT2D eigenvalue weighted by Crippen LogP contribution is -2.34. The Labute approximate surface area is 132 Å². The quantitative estimate of drug-likeness (QED) is 0.370. The second kappa shape index (κ2) is 10.6. The topological polar surface area (TPSA) is 92.4 Å². The summed E-state index contributed by atoms with van der Waals surface area (Å²) in [6, 6.07) is 5.51. The SMILES string of the molecule is CCCCCCN=C(N)NCCC(=O)Nc1cccc(C)n1. The number of nitrogens with one attached hydrogen (secondary N) is 2. The second-order valence-corrected chi connectivity index (χ2v) is 5.22. The van der Waals surface area contributed by atoms with Crippen molar-refractivity contribution < 1.29 is 4.79 Å². The summed E-state index contributed by atoms with van der Waals surface area (Å²) in [7, 11) is 0. The van der Waals surface area contributed by atoms with Gasteiger partial charge in [-0.2, -0.15) is 0 Å². The van der Waals surface area contributed by atoms with Gasteiger partial charge in [0, 0.05) is 25.2 Å². The lowest BCUT2D eigenvalue weighted by molar-refractivity contribution is -0.116. The van der Waals surface area contributed by atoms with Gasteiger partial charge >= 0.3 is 0 Å². The fourth-order valence-electron chi connectivity index (χ4n) is 1.92. The van der Waals surface area contributed by atoms with Crippen molar-refractivity contribution in [1.29, 1.82) is 0 Å². The molecule has 0 aromatic carbocycles. The van der Waals surface area contributed by atoms with Crippen LogP contribution in [0.5, 0.6) is 0 Å². The Bertz CT molecular complexity index is 487. The summed E-state index contributed by atoms with van der Waals surface area (Å²) in [6.45, 7) is 5.26. The van der Waals surface area contributed by atoms with Crippen LogP contribution in [0.4, 0.5) is 5.82 Å². The molecule has 22 heavy (non-hydrogen) atoms. The van der Waals surface area contributed by atoms with E-state index < -0.39 is 0 Å². The molecule has 0 aliphatic rings. The summed E-state index contributed by atoms with van der Waals surface area (Å²) < 4.78 is 0. The Morgan fingerprint density at radius 1 is 1.32 bits per heavy atom. The monoisotopic (exact) mass is 305 g/mol. The molecule has 1 aromatic heterocycles. The maximum Gasteiger partial charge on any atom is 0.227 e. The van der Waals surface area contributed by atoms with E-state index in [-0.39, 0.29) is 5.91 Å². The van der Waals surface area contributed by atoms with Crippen LogP contribution in [0.3, 0.4) is 0 Å². The number of anilines is 1. The zero-order chi connectivity index (χ0) is 16.2. The first-order valence-electron chi connectivity index (χ1n) is 7.89. The van der Waals surface area contributed by atoms with Crippen molar-refractivity contribution in [3.8, 4) is 0 Å². The van der Waals surface area contributed by atoms with Gasteiger partial charge in [0.25, 0.3) is 0 Å². The molecule has 1 rings (SSSR count). The number of aryl methyl sites for hydroxylation is 1. The number of guanidine groups is 1. The van der Waals surface area contributed by atoms with E-state index in [2.05, 4.69) is 27.5 Å². The molecule has 1 heterocycles. The van der Waals surface area contributed by atoms with Crippen LogP contribution in [-0.4, -0.2) is 29.9 Å². The smallest absolute Gasteiger partial charge is 0.227 e. The van der Waals surface area contributed by atoms with Crippen molar-refractivity contribution in [2.75, 3.05) is 18.4 Å². The Kier molecular flexibility index (Phi) is 8.64. The Morgan fingerprint density at radius 2 is 2.14 bits per heavy atom. The highest BCUT2D eigenvalue weighted by Crippen LogP contribution is 2.03. The maximum absolute atomic E-state index is 11.8. The average molecular weight is 305 g/mol. The molecule has 0 saturated carbocycles. The first-order valence-corrected chi connectivity index (χ1v) is 7.89. The standard InChI is InChI=1S/C16H27N5O/c1-3-4-5-6-11-18-16(17)19-12-10-15(22)21-14-9-7-8-13(2)20-14/h7-9H,3-6,10-12H2,1-2H3,(H3,17,18,19)(H,20,21,22). The molecule has 0 unspecified atom stereocenters. The minimum atomic E-state index is -0.0960. The normalized spacial score (nSPS) is 11.3. The summed E-state index contributed by atoms with van der Waals surface area (Å²) in [4.78, 5) is 20.2. The highest BCUT2D eigenvalue weighted by molar-refractivity contribution is 5.90. The minimum absolute atomic E-state index is 0.0960. The van der Waals surface area contributed by atoms with Gasteiger partial charge in [0.15, 0.2) is 5.96 Å². The third-order valence-corrected chi connectivity index (χ3v) is 3.11. The predicted octanol–water partition coefficient (Wildman–Crippen LogP) is 2.20. The summed E-state index contributed by atoms with van der Waals surface area (Å²) in [5.74, 6) is 0.877. The van der Waals surface area contributed by atoms with Crippen molar-refractivity contribution in [2.45, 2.75) is 46.0 Å². The number of nitrogens with zero attached hydrogens (tertiary/aromatic N) is 2. The number of hydrogen-bond donors (Lipinski definition) is 3. The van der Waals surface area contributed by atoms with Crippen LogP contribution in [-0.2, 0) is 4.79 Å². The van der Waals surface area contributed by atoms with Gasteiger partial charge in [-0.15, -0.1) is 0 Å². The molecule has 0 saturated heterocycles. The van der Waals surface area contributed by atoms with Crippen LogP contribution in [0.1, 0.15) is 44.7 Å². The van der Waals surface area contributed by atoms with Crippen molar-refractivity contribution in [1.82, 2.24) is 10.3 Å². The van der Waals surface area contributed by atoms with Crippen LogP contribution >= 0.6 is 0 Å². The largest absolute Gasteiger partial charge is 0.370 e. The molecule has 6 heteroatoms. The molecular weight excluding hydrogens is 278 g/mol. The highest BCUT2D eigenvalue weighted by Gasteiger charge is 2.03. The third kappa shape index (κ3) is 8.24. The lowest BCUT2D eigenvalue weighted by atomic mass is 10.2. The number of pyridine rings is 1. The average Bonchev–Trinajstić information content (AvgIpc) is 2.47. The fourth-order valence-corrected chi connectivity index (χ4v) is 1.92. The number of rotatable bonds is 9. The molecule has 122 valence electrons. The first-order chi connectivity index (χ1) is 10.6. The van der Waals surface area contributed by atoms with Crippen LogP contribution in [0.2, 0.25) is 0 Å². The lowest BCUT2D eigenvalue weighted by Gasteiger charge is -2.07. The van der Waals surface area contributed by atoms with E-state index in [9.17, 15) is 4.79 Å². The molecule has 0 aliphatic carbocycles. The van der Waals surface area contributed by atoms with E-state index in [0.29, 0.717) is 24.7 Å². The van der Waals surface area contributed by atoms with E-state index >= 15 is 0 Å². The van der Waals surface area contributed by atoms with E-state index in [0.717, 1.165) is 18.7 Å². The number of aromatic nitrogens is 1. The van der Waals surface area contributed by atoms with Crippen LogP contribution < -0.4 is 16.4 Å². The fraction of sp³-hybridized carbons (Fsp3) is 0.562. The summed E-state index contributed by atoms with van der Waals surface area (Å²) in [5, 5.41) is 5.70. The molecule has 1 aromatic rings. The van der Waals surface area contributed by atoms with Crippen LogP contribution in [0.25, 0.3) is 0 Å². The van der Waals surface area contributed by atoms with E-state index in [1.165, 1.54) is 19.3 Å². The minimum Gasteiger partial charge on any atom is -0.370 e. The van der Waals surface area contributed by atoms with E-state index in [1.807, 2.05) is 19.1 Å². The zero-order valence-electron chi connectivity index (χ0n) is 13.6. The summed E-state index contributed by atoms with van der Waals surface area (Å²) >= 11 is 0. The van der Waals surface area contributed by atoms with E-state index in [4.69, 9.17) is 5.73 Å².